The Hall–Kier alpha value is -2.47. The Balaban J connectivity index is 1.70. The number of pyridine rings is 2. The average molecular weight is 312 g/mol. The van der Waals surface area contributed by atoms with Gasteiger partial charge in [-0.15, -0.1) is 0 Å². The molecule has 2 N–H and O–H groups in total. The summed E-state index contributed by atoms with van der Waals surface area (Å²) in [5.41, 5.74) is 1.24. The number of aromatic nitrogens is 2. The number of anilines is 2. The van der Waals surface area contributed by atoms with Crippen molar-refractivity contribution in [3.63, 3.8) is 0 Å². The zero-order chi connectivity index (χ0) is 16.2. The molecule has 0 aliphatic carbocycles. The molecular weight excluding hydrogens is 292 g/mol. The monoisotopic (exact) mass is 312 g/mol. The van der Waals surface area contributed by atoms with Crippen LogP contribution in [-0.2, 0) is 11.4 Å². The largest absolute Gasteiger partial charge is 0.392 e. The number of rotatable bonds is 4. The predicted molar refractivity (Wildman–Crippen MR) is 87.9 cm³/mol. The number of amides is 1. The first-order valence-electron chi connectivity index (χ1n) is 7.69. The van der Waals surface area contributed by atoms with Gasteiger partial charge in [0.2, 0.25) is 5.91 Å². The molecule has 0 saturated carbocycles. The van der Waals surface area contributed by atoms with Crippen molar-refractivity contribution in [2.24, 2.45) is 11.8 Å². The Bertz CT molecular complexity index is 677. The second kappa shape index (κ2) is 6.75. The molecule has 3 heterocycles. The molecule has 2 aromatic heterocycles. The van der Waals surface area contributed by atoms with Crippen molar-refractivity contribution in [1.29, 1.82) is 0 Å². The zero-order valence-electron chi connectivity index (χ0n) is 13.0. The van der Waals surface area contributed by atoms with Gasteiger partial charge >= 0.3 is 0 Å². The van der Waals surface area contributed by atoms with Gasteiger partial charge in [-0.05, 0) is 24.1 Å². The maximum Gasteiger partial charge on any atom is 0.229 e. The second-order valence-electron chi connectivity index (χ2n) is 5.86. The van der Waals surface area contributed by atoms with E-state index in [9.17, 15) is 9.90 Å². The minimum atomic E-state index is -0.127. The first-order valence-corrected chi connectivity index (χ1v) is 7.69. The average Bonchev–Trinajstić information content (AvgIpc) is 2.98. The highest BCUT2D eigenvalue weighted by atomic mass is 16.3. The van der Waals surface area contributed by atoms with E-state index in [2.05, 4.69) is 27.1 Å². The normalized spacial score (nSPS) is 20.5. The lowest BCUT2D eigenvalue weighted by Gasteiger charge is -2.17. The molecule has 1 saturated heterocycles. The minimum Gasteiger partial charge on any atom is -0.392 e. The standard InChI is InChI=1S/C17H20N4O2/c1-12-9-21(16-4-2-3-6-19-16)10-14(12)17(23)20-15-8-18-7-5-13(15)11-22/h2-8,12,14,22H,9-11H2,1H3,(H,20,23)/t12-,14-/m1/s1. The maximum absolute atomic E-state index is 12.6. The van der Waals surface area contributed by atoms with Crippen LogP contribution >= 0.6 is 0 Å². The van der Waals surface area contributed by atoms with E-state index in [-0.39, 0.29) is 24.3 Å². The summed E-state index contributed by atoms with van der Waals surface area (Å²) >= 11 is 0. The molecule has 2 atom stereocenters. The maximum atomic E-state index is 12.6. The van der Waals surface area contributed by atoms with E-state index in [0.717, 1.165) is 12.4 Å². The quantitative estimate of drug-likeness (QED) is 0.898. The molecule has 2 aromatic rings. The van der Waals surface area contributed by atoms with Crippen LogP contribution in [-0.4, -0.2) is 34.1 Å². The number of aliphatic hydroxyl groups excluding tert-OH is 1. The van der Waals surface area contributed by atoms with Gasteiger partial charge in [0.05, 0.1) is 24.4 Å². The first kappa shape index (κ1) is 15.4. The predicted octanol–water partition coefficient (Wildman–Crippen LogP) is 1.68. The molecule has 6 nitrogen and oxygen atoms in total. The molecule has 1 fully saturated rings. The summed E-state index contributed by atoms with van der Waals surface area (Å²) in [4.78, 5) is 23.1. The van der Waals surface area contributed by atoms with E-state index < -0.39 is 0 Å². The van der Waals surface area contributed by atoms with E-state index in [1.807, 2.05) is 18.2 Å². The molecule has 0 spiro atoms. The Morgan fingerprint density at radius 3 is 2.96 bits per heavy atom. The molecule has 23 heavy (non-hydrogen) atoms. The van der Waals surface area contributed by atoms with Crippen LogP contribution in [0.3, 0.4) is 0 Å². The number of nitrogens with one attached hydrogen (secondary N) is 1. The summed E-state index contributed by atoms with van der Waals surface area (Å²) in [6, 6.07) is 7.49. The van der Waals surface area contributed by atoms with Crippen LogP contribution < -0.4 is 10.2 Å². The van der Waals surface area contributed by atoms with Crippen molar-refractivity contribution in [2.75, 3.05) is 23.3 Å². The molecule has 0 aromatic carbocycles. The third-order valence-corrected chi connectivity index (χ3v) is 4.26. The summed E-state index contributed by atoms with van der Waals surface area (Å²) in [5.74, 6) is 0.959. The van der Waals surface area contributed by atoms with Gasteiger partial charge in [0.1, 0.15) is 5.82 Å². The fourth-order valence-corrected chi connectivity index (χ4v) is 2.94. The van der Waals surface area contributed by atoms with E-state index >= 15 is 0 Å². The van der Waals surface area contributed by atoms with Gasteiger partial charge in [0, 0.05) is 31.0 Å². The van der Waals surface area contributed by atoms with Gasteiger partial charge in [-0.25, -0.2) is 4.98 Å². The van der Waals surface area contributed by atoms with Gasteiger partial charge in [-0.1, -0.05) is 13.0 Å². The van der Waals surface area contributed by atoms with Crippen LogP contribution in [0.2, 0.25) is 0 Å². The van der Waals surface area contributed by atoms with Crippen molar-refractivity contribution in [3.8, 4) is 0 Å². The van der Waals surface area contributed by atoms with Crippen LogP contribution in [0, 0.1) is 11.8 Å². The Morgan fingerprint density at radius 1 is 1.35 bits per heavy atom. The van der Waals surface area contributed by atoms with Crippen molar-refractivity contribution < 1.29 is 9.90 Å². The lowest BCUT2D eigenvalue weighted by atomic mass is 9.97. The van der Waals surface area contributed by atoms with Gasteiger partial charge < -0.3 is 15.3 Å². The second-order valence-corrected chi connectivity index (χ2v) is 5.86. The number of hydrogen-bond acceptors (Lipinski definition) is 5. The zero-order valence-corrected chi connectivity index (χ0v) is 13.0. The van der Waals surface area contributed by atoms with E-state index in [4.69, 9.17) is 0 Å². The molecule has 120 valence electrons. The van der Waals surface area contributed by atoms with Crippen LogP contribution in [0.4, 0.5) is 11.5 Å². The number of nitrogens with zero attached hydrogens (tertiary/aromatic N) is 3. The summed E-state index contributed by atoms with van der Waals surface area (Å²) in [5, 5.41) is 12.2. The smallest absolute Gasteiger partial charge is 0.229 e. The van der Waals surface area contributed by atoms with E-state index in [0.29, 0.717) is 17.8 Å². The third-order valence-electron chi connectivity index (χ3n) is 4.26. The summed E-state index contributed by atoms with van der Waals surface area (Å²) in [7, 11) is 0. The van der Waals surface area contributed by atoms with Crippen molar-refractivity contribution in [3.05, 3.63) is 48.4 Å². The molecule has 1 aliphatic heterocycles. The fraction of sp³-hybridized carbons (Fsp3) is 0.353. The molecule has 0 unspecified atom stereocenters. The van der Waals surface area contributed by atoms with Gasteiger partial charge in [-0.3, -0.25) is 9.78 Å². The lowest BCUT2D eigenvalue weighted by Crippen LogP contribution is -2.29. The third kappa shape index (κ3) is 3.32. The molecule has 3 rings (SSSR count). The highest BCUT2D eigenvalue weighted by Gasteiger charge is 2.35. The highest BCUT2D eigenvalue weighted by Crippen LogP contribution is 2.28. The van der Waals surface area contributed by atoms with Gasteiger partial charge in [-0.2, -0.15) is 0 Å². The SMILES string of the molecule is C[C@@H]1CN(c2ccccn2)C[C@H]1C(=O)Nc1cnccc1CO. The van der Waals surface area contributed by atoms with Crippen molar-refractivity contribution in [2.45, 2.75) is 13.5 Å². The summed E-state index contributed by atoms with van der Waals surface area (Å²) < 4.78 is 0. The van der Waals surface area contributed by atoms with E-state index in [1.165, 1.54) is 0 Å². The Morgan fingerprint density at radius 2 is 2.22 bits per heavy atom. The summed E-state index contributed by atoms with van der Waals surface area (Å²) in [6.45, 7) is 3.38. The molecule has 0 bridgehead atoms. The van der Waals surface area contributed by atoms with Crippen LogP contribution in [0.15, 0.2) is 42.9 Å². The molecule has 1 aliphatic rings. The van der Waals surface area contributed by atoms with Gasteiger partial charge in [0.25, 0.3) is 0 Å². The van der Waals surface area contributed by atoms with Crippen molar-refractivity contribution >= 4 is 17.4 Å². The van der Waals surface area contributed by atoms with E-state index in [1.54, 1.807) is 24.7 Å². The van der Waals surface area contributed by atoms with Crippen molar-refractivity contribution in [1.82, 2.24) is 9.97 Å². The fourth-order valence-electron chi connectivity index (χ4n) is 2.94. The molecular formula is C17H20N4O2. The lowest BCUT2D eigenvalue weighted by molar-refractivity contribution is -0.120. The van der Waals surface area contributed by atoms with Crippen LogP contribution in [0.5, 0.6) is 0 Å². The van der Waals surface area contributed by atoms with Gasteiger partial charge in [0.15, 0.2) is 0 Å². The number of aliphatic hydroxyl groups is 1. The minimum absolute atomic E-state index is 0.0429. The molecule has 6 heteroatoms. The molecule has 1 amide bonds. The molecule has 0 radical (unpaired) electrons. The van der Waals surface area contributed by atoms with Crippen LogP contribution in [0.1, 0.15) is 12.5 Å². The topological polar surface area (TPSA) is 78.4 Å². The summed E-state index contributed by atoms with van der Waals surface area (Å²) in [6.07, 6.45) is 4.93. The van der Waals surface area contributed by atoms with Crippen LogP contribution in [0.25, 0.3) is 0 Å². The number of carbonyl (C=O) groups excluding carboxylic acids is 1. The Labute approximate surface area is 135 Å². The Kier molecular flexibility index (Phi) is 4.52. The first-order chi connectivity index (χ1) is 11.2. The number of carbonyl (C=O) groups is 1. The number of hydrogen-bond donors (Lipinski definition) is 2. The highest BCUT2D eigenvalue weighted by molar-refractivity contribution is 5.94.